The number of aliphatic hydroxyl groups is 2. The highest BCUT2D eigenvalue weighted by Gasteiger charge is 2.19. The fraction of sp³-hybridized carbons (Fsp3) is 0.806. The first-order chi connectivity index (χ1) is 19.7. The summed E-state index contributed by atoms with van der Waals surface area (Å²) in [7, 11) is 0. The van der Waals surface area contributed by atoms with Crippen molar-refractivity contribution in [2.24, 2.45) is 0 Å². The van der Waals surface area contributed by atoms with E-state index in [9.17, 15) is 15.0 Å². The highest BCUT2D eigenvalue weighted by Crippen LogP contribution is 2.13. The standard InChI is InChI=1S/C36H67NO3/c1-3-5-7-8-9-10-11-12-13-14-15-16-17-18-19-20-21-22-23-24-25-26-27-28-30-32-36(40)37-34(33-38)35(39)31-29-6-4-2/h11-12,14-15,17-18,34-35,38-39H,3-10,13,16,19-33H2,1-2H3,(H,37,40)/b12-11-,15-14-,18-17-. The smallest absolute Gasteiger partial charge is 0.220 e. The molecule has 0 bridgehead atoms. The molecule has 0 aromatic carbocycles. The molecule has 2 atom stereocenters. The Kier molecular flexibility index (Phi) is 31.0. The van der Waals surface area contributed by atoms with Gasteiger partial charge in [-0.05, 0) is 51.4 Å². The molecule has 0 spiro atoms. The molecule has 0 radical (unpaired) electrons. The van der Waals surface area contributed by atoms with Crippen molar-refractivity contribution in [2.45, 2.75) is 180 Å². The minimum atomic E-state index is -0.656. The van der Waals surface area contributed by atoms with Crippen LogP contribution in [-0.4, -0.2) is 34.9 Å². The van der Waals surface area contributed by atoms with E-state index in [0.717, 1.165) is 44.9 Å². The maximum Gasteiger partial charge on any atom is 0.220 e. The van der Waals surface area contributed by atoms with Gasteiger partial charge >= 0.3 is 0 Å². The monoisotopic (exact) mass is 562 g/mol. The van der Waals surface area contributed by atoms with Crippen LogP contribution in [0.4, 0.5) is 0 Å². The van der Waals surface area contributed by atoms with Crippen molar-refractivity contribution in [3.05, 3.63) is 36.5 Å². The summed E-state index contributed by atoms with van der Waals surface area (Å²) >= 11 is 0. The van der Waals surface area contributed by atoms with E-state index in [2.05, 4.69) is 55.6 Å². The average molecular weight is 562 g/mol. The van der Waals surface area contributed by atoms with E-state index >= 15 is 0 Å². The van der Waals surface area contributed by atoms with Gasteiger partial charge in [-0.3, -0.25) is 4.79 Å². The lowest BCUT2D eigenvalue weighted by molar-refractivity contribution is -0.123. The Hall–Kier alpha value is -1.39. The number of rotatable bonds is 30. The molecule has 0 saturated heterocycles. The number of unbranched alkanes of at least 4 members (excludes halogenated alkanes) is 17. The van der Waals surface area contributed by atoms with Gasteiger partial charge in [0.1, 0.15) is 0 Å². The molecular weight excluding hydrogens is 494 g/mol. The van der Waals surface area contributed by atoms with E-state index in [1.54, 1.807) is 0 Å². The number of hydrogen-bond donors (Lipinski definition) is 3. The Bertz CT molecular complexity index is 613. The first kappa shape index (κ1) is 38.6. The molecule has 4 heteroatoms. The molecular formula is C36H67NO3. The van der Waals surface area contributed by atoms with Crippen molar-refractivity contribution in [1.82, 2.24) is 5.32 Å². The van der Waals surface area contributed by atoms with Gasteiger partial charge in [0, 0.05) is 6.42 Å². The predicted octanol–water partition coefficient (Wildman–Crippen LogP) is 9.90. The summed E-state index contributed by atoms with van der Waals surface area (Å²) in [4.78, 5) is 12.1. The zero-order valence-corrected chi connectivity index (χ0v) is 26.6. The van der Waals surface area contributed by atoms with Crippen LogP contribution in [0, 0.1) is 0 Å². The second-order valence-corrected chi connectivity index (χ2v) is 11.6. The minimum Gasteiger partial charge on any atom is -0.394 e. The van der Waals surface area contributed by atoms with Gasteiger partial charge in [-0.25, -0.2) is 0 Å². The third-order valence-corrected chi connectivity index (χ3v) is 7.65. The second kappa shape index (κ2) is 32.1. The van der Waals surface area contributed by atoms with Crippen LogP contribution in [0.5, 0.6) is 0 Å². The van der Waals surface area contributed by atoms with Crippen LogP contribution >= 0.6 is 0 Å². The van der Waals surface area contributed by atoms with Gasteiger partial charge < -0.3 is 15.5 Å². The normalized spacial score (nSPS) is 13.6. The second-order valence-electron chi connectivity index (χ2n) is 11.6. The van der Waals surface area contributed by atoms with Crippen molar-refractivity contribution in [3.8, 4) is 0 Å². The van der Waals surface area contributed by atoms with E-state index < -0.39 is 12.1 Å². The first-order valence-corrected chi connectivity index (χ1v) is 17.2. The van der Waals surface area contributed by atoms with Gasteiger partial charge in [0.15, 0.2) is 0 Å². The van der Waals surface area contributed by atoms with Crippen molar-refractivity contribution >= 4 is 5.91 Å². The molecule has 0 fully saturated rings. The first-order valence-electron chi connectivity index (χ1n) is 17.2. The van der Waals surface area contributed by atoms with E-state index in [-0.39, 0.29) is 12.5 Å². The van der Waals surface area contributed by atoms with Crippen molar-refractivity contribution < 1.29 is 15.0 Å². The topological polar surface area (TPSA) is 69.6 Å². The summed E-state index contributed by atoms with van der Waals surface area (Å²) in [5.41, 5.74) is 0. The number of carbonyl (C=O) groups is 1. The highest BCUT2D eigenvalue weighted by molar-refractivity contribution is 5.76. The average Bonchev–Trinajstić information content (AvgIpc) is 2.96. The number of allylic oxidation sites excluding steroid dienone is 6. The fourth-order valence-corrected chi connectivity index (χ4v) is 4.95. The van der Waals surface area contributed by atoms with Gasteiger partial charge in [-0.15, -0.1) is 0 Å². The Balaban J connectivity index is 3.45. The van der Waals surface area contributed by atoms with Gasteiger partial charge in [-0.1, -0.05) is 147 Å². The molecule has 3 N–H and O–H groups in total. The molecule has 0 aromatic rings. The van der Waals surface area contributed by atoms with Gasteiger partial charge in [0.2, 0.25) is 5.91 Å². The summed E-state index contributed by atoms with van der Waals surface area (Å²) in [5.74, 6) is -0.0496. The molecule has 0 aliphatic heterocycles. The number of aliphatic hydroxyl groups excluding tert-OH is 2. The Morgan fingerprint density at radius 2 is 1.02 bits per heavy atom. The predicted molar refractivity (Wildman–Crippen MR) is 175 cm³/mol. The molecule has 40 heavy (non-hydrogen) atoms. The number of amides is 1. The van der Waals surface area contributed by atoms with E-state index in [0.29, 0.717) is 12.8 Å². The molecule has 2 unspecified atom stereocenters. The van der Waals surface area contributed by atoms with Crippen LogP contribution in [0.25, 0.3) is 0 Å². The summed E-state index contributed by atoms with van der Waals surface area (Å²) in [6.07, 6.45) is 41.1. The van der Waals surface area contributed by atoms with Crippen molar-refractivity contribution in [2.75, 3.05) is 6.61 Å². The largest absolute Gasteiger partial charge is 0.394 e. The molecule has 4 nitrogen and oxygen atoms in total. The maximum absolute atomic E-state index is 12.1. The van der Waals surface area contributed by atoms with Gasteiger partial charge in [0.05, 0.1) is 18.8 Å². The molecule has 0 aliphatic carbocycles. The van der Waals surface area contributed by atoms with Crippen LogP contribution in [0.3, 0.4) is 0 Å². The van der Waals surface area contributed by atoms with E-state index in [1.807, 2.05) is 0 Å². The molecule has 234 valence electrons. The van der Waals surface area contributed by atoms with Crippen molar-refractivity contribution in [1.29, 1.82) is 0 Å². The van der Waals surface area contributed by atoms with E-state index in [4.69, 9.17) is 0 Å². The lowest BCUT2D eigenvalue weighted by atomic mass is 10.0. The third-order valence-electron chi connectivity index (χ3n) is 7.65. The zero-order valence-electron chi connectivity index (χ0n) is 26.6. The minimum absolute atomic E-state index is 0.0496. The lowest BCUT2D eigenvalue weighted by Gasteiger charge is -2.22. The zero-order chi connectivity index (χ0) is 29.4. The summed E-state index contributed by atoms with van der Waals surface area (Å²) in [5, 5.41) is 22.5. The number of nitrogens with one attached hydrogen (secondary N) is 1. The van der Waals surface area contributed by atoms with Crippen LogP contribution in [0.1, 0.15) is 168 Å². The van der Waals surface area contributed by atoms with Crippen LogP contribution < -0.4 is 5.32 Å². The van der Waals surface area contributed by atoms with E-state index in [1.165, 1.54) is 96.3 Å². The van der Waals surface area contributed by atoms with Crippen LogP contribution in [0.2, 0.25) is 0 Å². The highest BCUT2D eigenvalue weighted by atomic mass is 16.3. The van der Waals surface area contributed by atoms with Crippen molar-refractivity contribution in [3.63, 3.8) is 0 Å². The molecule has 0 aliphatic rings. The Morgan fingerprint density at radius 1 is 0.600 bits per heavy atom. The molecule has 1 amide bonds. The number of hydrogen-bond acceptors (Lipinski definition) is 3. The quantitative estimate of drug-likeness (QED) is 0.0603. The molecule has 0 saturated carbocycles. The van der Waals surface area contributed by atoms with Gasteiger partial charge in [0.25, 0.3) is 0 Å². The fourth-order valence-electron chi connectivity index (χ4n) is 4.95. The van der Waals surface area contributed by atoms with Crippen LogP contribution in [0.15, 0.2) is 36.5 Å². The summed E-state index contributed by atoms with van der Waals surface area (Å²) < 4.78 is 0. The molecule has 0 rings (SSSR count). The molecule has 0 heterocycles. The SMILES string of the molecule is CCCCCCC/C=C\C/C=C\C/C=C\CCCCCCCCCCCCC(=O)NC(CO)C(O)CCCCC. The van der Waals surface area contributed by atoms with Gasteiger partial charge in [-0.2, -0.15) is 0 Å². The lowest BCUT2D eigenvalue weighted by Crippen LogP contribution is -2.45. The Morgan fingerprint density at radius 3 is 1.52 bits per heavy atom. The maximum atomic E-state index is 12.1. The third kappa shape index (κ3) is 28.1. The summed E-state index contributed by atoms with van der Waals surface area (Å²) in [6.45, 7) is 4.19. The number of carbonyl (C=O) groups excluding carboxylic acids is 1. The van der Waals surface area contributed by atoms with Crippen LogP contribution in [-0.2, 0) is 4.79 Å². The Labute approximate surface area is 249 Å². The summed E-state index contributed by atoms with van der Waals surface area (Å²) in [6, 6.07) is -0.533. The molecule has 0 aromatic heterocycles.